The van der Waals surface area contributed by atoms with Crippen LogP contribution < -0.4 is 24.8 Å². The summed E-state index contributed by atoms with van der Waals surface area (Å²) in [4.78, 5) is 4.38. The van der Waals surface area contributed by atoms with Gasteiger partial charge in [-0.15, -0.1) is 0 Å². The Labute approximate surface area is 181 Å². The number of hydrogen-bond acceptors (Lipinski definition) is 5. The monoisotopic (exact) mass is 437 g/mol. The third kappa shape index (κ3) is 8.67. The van der Waals surface area contributed by atoms with Gasteiger partial charge in [-0.2, -0.15) is 8.78 Å². The van der Waals surface area contributed by atoms with Gasteiger partial charge >= 0.3 is 6.61 Å². The fourth-order valence-electron chi connectivity index (χ4n) is 2.69. The number of halogens is 2. The van der Waals surface area contributed by atoms with Crippen LogP contribution in [0.3, 0.4) is 0 Å². The van der Waals surface area contributed by atoms with Gasteiger partial charge in [0.1, 0.15) is 23.4 Å². The van der Waals surface area contributed by atoms with Crippen LogP contribution in [0.25, 0.3) is 0 Å². The molecule has 9 heteroatoms. The van der Waals surface area contributed by atoms with E-state index in [1.54, 1.807) is 7.11 Å². The Bertz CT molecular complexity index is 819. The first kappa shape index (κ1) is 24.2. The first-order valence-corrected chi connectivity index (χ1v) is 9.97. The fourth-order valence-corrected chi connectivity index (χ4v) is 2.69. The Morgan fingerprint density at radius 2 is 1.74 bits per heavy atom. The molecule has 0 saturated heterocycles. The summed E-state index contributed by atoms with van der Waals surface area (Å²) in [6, 6.07) is 13.2. The number of nitrogens with zero attached hydrogens (tertiary/aromatic N) is 1. The minimum absolute atomic E-state index is 0.0366. The Balaban J connectivity index is 1.88. The van der Waals surface area contributed by atoms with Crippen molar-refractivity contribution in [2.75, 3.05) is 26.7 Å². The van der Waals surface area contributed by atoms with Crippen molar-refractivity contribution in [3.8, 4) is 17.2 Å². The van der Waals surface area contributed by atoms with E-state index in [0.717, 1.165) is 5.75 Å². The van der Waals surface area contributed by atoms with E-state index in [2.05, 4.69) is 20.4 Å². The molecule has 0 fully saturated rings. The number of ether oxygens (including phenoxy) is 3. The van der Waals surface area contributed by atoms with Gasteiger partial charge in [-0.05, 0) is 43.7 Å². The molecule has 2 aromatic rings. The molecule has 170 valence electrons. The molecule has 0 aliphatic rings. The highest BCUT2D eigenvalue weighted by Gasteiger charge is 2.11. The Morgan fingerprint density at radius 1 is 1.03 bits per heavy atom. The fraction of sp³-hybridized carbons (Fsp3) is 0.409. The number of alkyl halides is 2. The summed E-state index contributed by atoms with van der Waals surface area (Å²) in [6.45, 7) is 2.20. The van der Waals surface area contributed by atoms with Crippen LogP contribution in [0.2, 0.25) is 0 Å². The molecule has 2 atom stereocenters. The number of benzene rings is 2. The summed E-state index contributed by atoms with van der Waals surface area (Å²) in [5, 5.41) is 16.6. The molecular formula is C22H29F2N3O4. The zero-order valence-corrected chi connectivity index (χ0v) is 17.8. The second-order valence-corrected chi connectivity index (χ2v) is 6.67. The number of nitrogens with one attached hydrogen (secondary N) is 2. The van der Waals surface area contributed by atoms with Crippen molar-refractivity contribution in [2.24, 2.45) is 4.99 Å². The maximum atomic E-state index is 12.2. The van der Waals surface area contributed by atoms with Gasteiger partial charge in [-0.1, -0.05) is 18.2 Å². The number of aliphatic hydroxyl groups is 1. The second-order valence-electron chi connectivity index (χ2n) is 6.67. The number of aliphatic hydroxyl groups excluding tert-OH is 1. The molecule has 0 saturated carbocycles. The maximum Gasteiger partial charge on any atom is 0.387 e. The van der Waals surface area contributed by atoms with Crippen LogP contribution in [0.1, 0.15) is 25.5 Å². The van der Waals surface area contributed by atoms with Crippen molar-refractivity contribution in [1.29, 1.82) is 0 Å². The summed E-state index contributed by atoms with van der Waals surface area (Å²) in [6.07, 6.45) is -1.04. The van der Waals surface area contributed by atoms with Gasteiger partial charge in [0.05, 0.1) is 26.3 Å². The van der Waals surface area contributed by atoms with Crippen molar-refractivity contribution in [1.82, 2.24) is 10.6 Å². The molecular weight excluding hydrogens is 408 g/mol. The minimum atomic E-state index is -2.88. The molecule has 2 unspecified atom stereocenters. The van der Waals surface area contributed by atoms with Crippen molar-refractivity contribution in [3.05, 3.63) is 54.1 Å². The van der Waals surface area contributed by atoms with E-state index in [0.29, 0.717) is 30.4 Å². The zero-order chi connectivity index (χ0) is 22.6. The number of guanidine groups is 1. The number of methoxy groups -OCH3 is 1. The lowest BCUT2D eigenvalue weighted by Gasteiger charge is -2.18. The molecule has 3 N–H and O–H groups in total. The Hall–Kier alpha value is -3.07. The van der Waals surface area contributed by atoms with Crippen LogP contribution >= 0.6 is 0 Å². The average Bonchev–Trinajstić information content (AvgIpc) is 2.75. The van der Waals surface area contributed by atoms with Crippen molar-refractivity contribution in [2.45, 2.75) is 32.7 Å². The predicted molar refractivity (Wildman–Crippen MR) is 115 cm³/mol. The average molecular weight is 437 g/mol. The van der Waals surface area contributed by atoms with Gasteiger partial charge in [-0.3, -0.25) is 4.99 Å². The van der Waals surface area contributed by atoms with Gasteiger partial charge in [0, 0.05) is 12.6 Å². The third-order valence-electron chi connectivity index (χ3n) is 4.19. The molecule has 2 aromatic carbocycles. The highest BCUT2D eigenvalue weighted by atomic mass is 19.3. The van der Waals surface area contributed by atoms with E-state index in [9.17, 15) is 13.9 Å². The summed E-state index contributed by atoms with van der Waals surface area (Å²) in [5.41, 5.74) is 0.552. The lowest BCUT2D eigenvalue weighted by atomic mass is 10.1. The number of rotatable bonds is 11. The third-order valence-corrected chi connectivity index (χ3v) is 4.19. The van der Waals surface area contributed by atoms with Gasteiger partial charge in [0.25, 0.3) is 0 Å². The molecule has 2 rings (SSSR count). The van der Waals surface area contributed by atoms with E-state index in [-0.39, 0.29) is 18.4 Å². The van der Waals surface area contributed by atoms with Crippen molar-refractivity contribution < 1.29 is 28.1 Å². The van der Waals surface area contributed by atoms with E-state index in [1.807, 2.05) is 38.1 Å². The standard InChI is InChI=1S/C22H29F2N3O4/c1-4-25-22(26-13-15(2)30-19-7-5-6-18(12-19)29-3)27-14-20(28)16-8-10-17(11-9-16)31-21(23)24/h5-12,15,20-21,28H,4,13-14H2,1-3H3,(H2,25,26,27). The molecule has 0 aromatic heterocycles. The van der Waals surface area contributed by atoms with E-state index < -0.39 is 12.7 Å². The molecule has 0 radical (unpaired) electrons. The smallest absolute Gasteiger partial charge is 0.387 e. The van der Waals surface area contributed by atoms with Crippen LogP contribution in [0.15, 0.2) is 53.5 Å². The zero-order valence-electron chi connectivity index (χ0n) is 17.8. The first-order valence-electron chi connectivity index (χ1n) is 9.97. The lowest BCUT2D eigenvalue weighted by Crippen LogP contribution is -2.42. The van der Waals surface area contributed by atoms with Crippen molar-refractivity contribution in [3.63, 3.8) is 0 Å². The van der Waals surface area contributed by atoms with E-state index >= 15 is 0 Å². The first-order chi connectivity index (χ1) is 14.9. The van der Waals surface area contributed by atoms with Crippen LogP contribution in [-0.2, 0) is 0 Å². The molecule has 7 nitrogen and oxygen atoms in total. The minimum Gasteiger partial charge on any atom is -0.497 e. The molecule has 0 amide bonds. The topological polar surface area (TPSA) is 84.3 Å². The molecule has 0 heterocycles. The highest BCUT2D eigenvalue weighted by Crippen LogP contribution is 2.20. The highest BCUT2D eigenvalue weighted by molar-refractivity contribution is 5.79. The van der Waals surface area contributed by atoms with Crippen LogP contribution in [0.5, 0.6) is 17.2 Å². The van der Waals surface area contributed by atoms with Crippen LogP contribution in [0, 0.1) is 0 Å². The van der Waals surface area contributed by atoms with Crippen LogP contribution in [-0.4, -0.2) is 50.5 Å². The molecule has 0 aliphatic heterocycles. The molecule has 31 heavy (non-hydrogen) atoms. The SMILES string of the molecule is CCNC(=NCC(O)c1ccc(OC(F)F)cc1)NCC(C)Oc1cccc(OC)c1. The van der Waals surface area contributed by atoms with Gasteiger partial charge in [-0.25, -0.2) is 0 Å². The molecule has 0 bridgehead atoms. The predicted octanol–water partition coefficient (Wildman–Crippen LogP) is 3.35. The van der Waals surface area contributed by atoms with E-state index in [1.165, 1.54) is 24.3 Å². The molecule has 0 spiro atoms. The second kappa shape index (κ2) is 12.6. The number of aliphatic imine (C=N–C) groups is 1. The Morgan fingerprint density at radius 3 is 2.39 bits per heavy atom. The quantitative estimate of drug-likeness (QED) is 0.369. The summed E-state index contributed by atoms with van der Waals surface area (Å²) >= 11 is 0. The lowest BCUT2D eigenvalue weighted by molar-refractivity contribution is -0.0498. The summed E-state index contributed by atoms with van der Waals surface area (Å²) < 4.78 is 39.8. The van der Waals surface area contributed by atoms with Crippen molar-refractivity contribution >= 4 is 5.96 Å². The van der Waals surface area contributed by atoms with E-state index in [4.69, 9.17) is 9.47 Å². The Kier molecular flexibility index (Phi) is 9.83. The largest absolute Gasteiger partial charge is 0.497 e. The number of hydrogen-bond donors (Lipinski definition) is 3. The van der Waals surface area contributed by atoms with Gasteiger partial charge < -0.3 is 30.0 Å². The van der Waals surface area contributed by atoms with Gasteiger partial charge in [0.15, 0.2) is 5.96 Å². The summed E-state index contributed by atoms with van der Waals surface area (Å²) in [7, 11) is 1.60. The normalized spacial score (nSPS) is 13.5. The summed E-state index contributed by atoms with van der Waals surface area (Å²) in [5.74, 6) is 1.98. The van der Waals surface area contributed by atoms with Gasteiger partial charge in [0.2, 0.25) is 0 Å². The van der Waals surface area contributed by atoms with Crippen LogP contribution in [0.4, 0.5) is 8.78 Å². The molecule has 0 aliphatic carbocycles. The maximum absolute atomic E-state index is 12.2.